The summed E-state index contributed by atoms with van der Waals surface area (Å²) in [6.45, 7) is 0. The van der Waals surface area contributed by atoms with Crippen LogP contribution in [0.3, 0.4) is 0 Å². The fraction of sp³-hybridized carbons (Fsp3) is 0.375. The molecule has 1 aromatic heterocycles. The van der Waals surface area contributed by atoms with Crippen molar-refractivity contribution in [2.45, 2.75) is 37.5 Å². The highest BCUT2D eigenvalue weighted by molar-refractivity contribution is 5.83. The molecule has 2 heteroatoms. The van der Waals surface area contributed by atoms with Gasteiger partial charge in [0.2, 0.25) is 0 Å². The zero-order chi connectivity index (χ0) is 12.4. The lowest BCUT2D eigenvalue weighted by Gasteiger charge is -2.31. The Morgan fingerprint density at radius 1 is 1.06 bits per heavy atom. The third-order valence-corrected chi connectivity index (χ3v) is 4.09. The Bertz CT molecular complexity index is 599. The van der Waals surface area contributed by atoms with Gasteiger partial charge in [0, 0.05) is 11.6 Å². The zero-order valence-electron chi connectivity index (χ0n) is 10.4. The average Bonchev–Trinajstić information content (AvgIpc) is 2.47. The maximum absolute atomic E-state index is 9.68. The van der Waals surface area contributed by atoms with Gasteiger partial charge in [0.15, 0.2) is 0 Å². The van der Waals surface area contributed by atoms with Crippen LogP contribution in [0.1, 0.15) is 37.7 Å². The summed E-state index contributed by atoms with van der Waals surface area (Å²) in [5, 5.41) is 10.8. The summed E-state index contributed by atoms with van der Waals surface area (Å²) in [5.74, 6) is 0. The van der Waals surface area contributed by atoms with Crippen molar-refractivity contribution < 1.29 is 0 Å². The second-order valence-electron chi connectivity index (χ2n) is 5.13. The lowest BCUT2D eigenvalue weighted by atomic mass is 9.70. The highest BCUT2D eigenvalue weighted by atomic mass is 14.6. The van der Waals surface area contributed by atoms with Crippen molar-refractivity contribution >= 4 is 10.9 Å². The third kappa shape index (κ3) is 1.67. The van der Waals surface area contributed by atoms with Crippen molar-refractivity contribution in [1.29, 1.82) is 5.26 Å². The van der Waals surface area contributed by atoms with Crippen LogP contribution in [0.25, 0.3) is 10.9 Å². The normalized spacial score (nSPS) is 18.4. The minimum atomic E-state index is -0.291. The molecule has 0 saturated heterocycles. The molecule has 0 aliphatic heterocycles. The van der Waals surface area contributed by atoms with Crippen LogP contribution in [0.2, 0.25) is 0 Å². The van der Waals surface area contributed by atoms with Crippen LogP contribution in [-0.2, 0) is 5.41 Å². The number of aromatic nitrogens is 1. The van der Waals surface area contributed by atoms with E-state index in [-0.39, 0.29) is 5.41 Å². The largest absolute Gasteiger partial charge is 0.256 e. The van der Waals surface area contributed by atoms with Crippen LogP contribution >= 0.6 is 0 Å². The van der Waals surface area contributed by atoms with Gasteiger partial charge in [-0.25, -0.2) is 0 Å². The number of fused-ring (bicyclic) bond motifs is 1. The fourth-order valence-corrected chi connectivity index (χ4v) is 3.11. The molecule has 0 bridgehead atoms. The minimum Gasteiger partial charge on any atom is -0.256 e. The molecule has 0 amide bonds. The standard InChI is InChI=1S/C16H16N2/c17-12-16(9-4-1-5-10-16)14-8-11-18-15-7-3-2-6-13(14)15/h2-3,6-8,11H,1,4-5,9-10H2. The van der Waals surface area contributed by atoms with Gasteiger partial charge >= 0.3 is 0 Å². The highest BCUT2D eigenvalue weighted by Crippen LogP contribution is 2.41. The van der Waals surface area contributed by atoms with Crippen molar-refractivity contribution in [2.24, 2.45) is 0 Å². The van der Waals surface area contributed by atoms with Gasteiger partial charge < -0.3 is 0 Å². The molecule has 1 aliphatic carbocycles. The van der Waals surface area contributed by atoms with Crippen LogP contribution in [0.5, 0.6) is 0 Å². The number of nitriles is 1. The summed E-state index contributed by atoms with van der Waals surface area (Å²) in [6, 6.07) is 12.8. The first-order valence-electron chi connectivity index (χ1n) is 6.61. The van der Waals surface area contributed by atoms with Crippen molar-refractivity contribution in [3.63, 3.8) is 0 Å². The molecule has 0 atom stereocenters. The van der Waals surface area contributed by atoms with E-state index in [2.05, 4.69) is 17.1 Å². The maximum Gasteiger partial charge on any atom is 0.0829 e. The Kier molecular flexibility index (Phi) is 2.76. The molecule has 2 aromatic rings. The molecule has 0 spiro atoms. The van der Waals surface area contributed by atoms with Crippen LogP contribution < -0.4 is 0 Å². The monoisotopic (exact) mass is 236 g/mol. The molecule has 0 radical (unpaired) electrons. The van der Waals surface area contributed by atoms with Gasteiger partial charge in [-0.05, 0) is 30.5 Å². The van der Waals surface area contributed by atoms with Gasteiger partial charge in [-0.1, -0.05) is 37.5 Å². The van der Waals surface area contributed by atoms with E-state index in [1.807, 2.05) is 30.5 Å². The molecular formula is C16H16N2. The zero-order valence-corrected chi connectivity index (χ0v) is 10.4. The molecule has 90 valence electrons. The van der Waals surface area contributed by atoms with Gasteiger partial charge in [0.25, 0.3) is 0 Å². The van der Waals surface area contributed by atoms with Crippen molar-refractivity contribution in [3.8, 4) is 6.07 Å². The fourth-order valence-electron chi connectivity index (χ4n) is 3.11. The van der Waals surface area contributed by atoms with E-state index in [1.54, 1.807) is 0 Å². The van der Waals surface area contributed by atoms with E-state index >= 15 is 0 Å². The second-order valence-corrected chi connectivity index (χ2v) is 5.13. The molecular weight excluding hydrogens is 220 g/mol. The van der Waals surface area contributed by atoms with Crippen molar-refractivity contribution in [1.82, 2.24) is 4.98 Å². The van der Waals surface area contributed by atoms with Gasteiger partial charge in [-0.15, -0.1) is 0 Å². The minimum absolute atomic E-state index is 0.291. The third-order valence-electron chi connectivity index (χ3n) is 4.09. The smallest absolute Gasteiger partial charge is 0.0829 e. The Morgan fingerprint density at radius 3 is 2.61 bits per heavy atom. The predicted molar refractivity (Wildman–Crippen MR) is 72.1 cm³/mol. The first kappa shape index (κ1) is 11.2. The van der Waals surface area contributed by atoms with E-state index in [9.17, 15) is 5.26 Å². The molecule has 0 unspecified atom stereocenters. The molecule has 1 saturated carbocycles. The van der Waals surface area contributed by atoms with Crippen LogP contribution in [0, 0.1) is 11.3 Å². The highest BCUT2D eigenvalue weighted by Gasteiger charge is 2.35. The average molecular weight is 236 g/mol. The number of para-hydroxylation sites is 1. The van der Waals surface area contributed by atoms with Crippen molar-refractivity contribution in [2.75, 3.05) is 0 Å². The predicted octanol–water partition coefficient (Wildman–Crippen LogP) is 3.96. The summed E-state index contributed by atoms with van der Waals surface area (Å²) in [6.07, 6.45) is 7.38. The molecule has 1 fully saturated rings. The Morgan fingerprint density at radius 2 is 1.83 bits per heavy atom. The van der Waals surface area contributed by atoms with E-state index in [4.69, 9.17) is 0 Å². The van der Waals surface area contributed by atoms with Gasteiger partial charge in [0.05, 0.1) is 17.0 Å². The molecule has 1 aliphatic rings. The first-order valence-corrected chi connectivity index (χ1v) is 6.61. The summed E-state index contributed by atoms with van der Waals surface area (Å²) >= 11 is 0. The Labute approximate surface area is 107 Å². The van der Waals surface area contributed by atoms with E-state index in [1.165, 1.54) is 12.0 Å². The lowest BCUT2D eigenvalue weighted by molar-refractivity contribution is 0.368. The number of pyridine rings is 1. The maximum atomic E-state index is 9.68. The van der Waals surface area contributed by atoms with E-state index in [0.29, 0.717) is 0 Å². The SMILES string of the molecule is N#CC1(c2ccnc3ccccc23)CCCCC1. The van der Waals surface area contributed by atoms with E-state index in [0.717, 1.165) is 36.6 Å². The molecule has 1 heterocycles. The Balaban J connectivity index is 2.21. The van der Waals surface area contributed by atoms with E-state index < -0.39 is 0 Å². The molecule has 1 aromatic carbocycles. The summed E-state index contributed by atoms with van der Waals surface area (Å²) in [7, 11) is 0. The second kappa shape index (κ2) is 4.42. The summed E-state index contributed by atoms with van der Waals surface area (Å²) in [4.78, 5) is 4.39. The van der Waals surface area contributed by atoms with Gasteiger partial charge in [-0.2, -0.15) is 5.26 Å². The molecule has 18 heavy (non-hydrogen) atoms. The van der Waals surface area contributed by atoms with Crippen molar-refractivity contribution in [3.05, 3.63) is 42.1 Å². The lowest BCUT2D eigenvalue weighted by Crippen LogP contribution is -2.27. The quantitative estimate of drug-likeness (QED) is 0.751. The summed E-state index contributed by atoms with van der Waals surface area (Å²) in [5.41, 5.74) is 1.88. The molecule has 3 rings (SSSR count). The topological polar surface area (TPSA) is 36.7 Å². The van der Waals surface area contributed by atoms with Gasteiger partial charge in [-0.3, -0.25) is 4.98 Å². The molecule has 2 nitrogen and oxygen atoms in total. The Hall–Kier alpha value is -1.88. The number of hydrogen-bond donors (Lipinski definition) is 0. The first-order chi connectivity index (χ1) is 8.86. The number of rotatable bonds is 1. The molecule has 0 N–H and O–H groups in total. The van der Waals surface area contributed by atoms with Gasteiger partial charge in [0.1, 0.15) is 0 Å². The van der Waals surface area contributed by atoms with Crippen LogP contribution in [-0.4, -0.2) is 4.98 Å². The number of hydrogen-bond acceptors (Lipinski definition) is 2. The van der Waals surface area contributed by atoms with Crippen LogP contribution in [0.15, 0.2) is 36.5 Å². The number of benzene rings is 1. The van der Waals surface area contributed by atoms with Crippen LogP contribution in [0.4, 0.5) is 0 Å². The number of nitrogens with zero attached hydrogens (tertiary/aromatic N) is 2. The summed E-state index contributed by atoms with van der Waals surface area (Å²) < 4.78 is 0.